The van der Waals surface area contributed by atoms with E-state index in [1.807, 2.05) is 31.1 Å². The molecular weight excluding hydrogens is 362 g/mol. The predicted octanol–water partition coefficient (Wildman–Crippen LogP) is 2.06. The number of aryl methyl sites for hydroxylation is 1. The number of hydrogen-bond acceptors (Lipinski definition) is 7. The molecule has 1 atom stereocenters. The molecule has 7 nitrogen and oxygen atoms in total. The highest BCUT2D eigenvalue weighted by Crippen LogP contribution is 2.26. The molecule has 0 amide bonds. The van der Waals surface area contributed by atoms with Crippen molar-refractivity contribution < 1.29 is 9.47 Å². The Kier molecular flexibility index (Phi) is 5.15. The molecule has 3 rings (SSSR count). The Hall–Kier alpha value is -1.22. The lowest BCUT2D eigenvalue weighted by atomic mass is 10.2. The summed E-state index contributed by atoms with van der Waals surface area (Å²) in [4.78, 5) is 8.93. The Morgan fingerprint density at radius 2 is 2.26 bits per heavy atom. The lowest BCUT2D eigenvalue weighted by Crippen LogP contribution is -2.38. The lowest BCUT2D eigenvalue weighted by molar-refractivity contribution is -0.160. The monoisotopic (exact) mass is 383 g/mol. The van der Waals surface area contributed by atoms with Gasteiger partial charge in [0.05, 0.1) is 24.2 Å². The van der Waals surface area contributed by atoms with Crippen molar-refractivity contribution >= 4 is 21.6 Å². The summed E-state index contributed by atoms with van der Waals surface area (Å²) in [5, 5.41) is 3.91. The summed E-state index contributed by atoms with van der Waals surface area (Å²) in [6.07, 6.45) is 4.86. The van der Waals surface area contributed by atoms with Gasteiger partial charge in [-0.15, -0.1) is 5.12 Å². The number of aromatic nitrogens is 2. The van der Waals surface area contributed by atoms with E-state index < -0.39 is 0 Å². The molecule has 1 saturated heterocycles. The molecule has 0 saturated carbocycles. The third-order valence-corrected chi connectivity index (χ3v) is 4.87. The van der Waals surface area contributed by atoms with E-state index in [1.165, 1.54) is 0 Å². The van der Waals surface area contributed by atoms with E-state index in [4.69, 9.17) is 9.47 Å². The van der Waals surface area contributed by atoms with Crippen LogP contribution in [-0.2, 0) is 9.47 Å². The minimum absolute atomic E-state index is 0.116. The third kappa shape index (κ3) is 3.65. The van der Waals surface area contributed by atoms with Gasteiger partial charge in [-0.2, -0.15) is 0 Å². The van der Waals surface area contributed by atoms with Gasteiger partial charge in [-0.05, 0) is 42.1 Å². The fourth-order valence-corrected chi connectivity index (χ4v) is 2.81. The number of hydrazine groups is 2. The highest BCUT2D eigenvalue weighted by molar-refractivity contribution is 9.10. The highest BCUT2D eigenvalue weighted by Gasteiger charge is 2.27. The van der Waals surface area contributed by atoms with Gasteiger partial charge in [0.15, 0.2) is 6.29 Å². The van der Waals surface area contributed by atoms with Crippen LogP contribution >= 0.6 is 15.9 Å². The highest BCUT2D eigenvalue weighted by atomic mass is 79.9. The van der Waals surface area contributed by atoms with Gasteiger partial charge in [-0.3, -0.25) is 10.4 Å². The van der Waals surface area contributed by atoms with E-state index in [9.17, 15) is 0 Å². The second-order valence-electron chi connectivity index (χ2n) is 5.72. The Morgan fingerprint density at radius 3 is 2.96 bits per heavy atom. The van der Waals surface area contributed by atoms with Crippen molar-refractivity contribution in [2.45, 2.75) is 32.5 Å². The minimum Gasteiger partial charge on any atom is -0.353 e. The van der Waals surface area contributed by atoms with Gasteiger partial charge in [0, 0.05) is 20.7 Å². The van der Waals surface area contributed by atoms with Crippen LogP contribution < -0.4 is 5.43 Å². The van der Waals surface area contributed by atoms with Crippen molar-refractivity contribution in [2.24, 2.45) is 0 Å². The molecular formula is C15H22BrN5O2. The third-order valence-electron chi connectivity index (χ3n) is 4.09. The molecule has 0 radical (unpaired) electrons. The first-order chi connectivity index (χ1) is 11.1. The van der Waals surface area contributed by atoms with Gasteiger partial charge in [-0.1, -0.05) is 0 Å². The standard InChI is InChI=1S/C15H22BrN5O2/c1-10-15(16)17-8-11(18-10)14-12(20(2)21(3)19-14)9-23-13-6-4-5-7-22-13/h8,13,19H,4-7,9H2,1-3H3. The van der Waals surface area contributed by atoms with Gasteiger partial charge < -0.3 is 9.47 Å². The molecule has 0 bridgehead atoms. The van der Waals surface area contributed by atoms with Crippen molar-refractivity contribution in [3.05, 3.63) is 27.9 Å². The Balaban J connectivity index is 1.80. The SMILES string of the molecule is Cc1nc(C2=C(COC3CCCCO3)N(C)N(C)N2)cnc1Br. The maximum absolute atomic E-state index is 5.95. The van der Waals surface area contributed by atoms with Gasteiger partial charge in [0.1, 0.15) is 16.0 Å². The quantitative estimate of drug-likeness (QED) is 0.853. The zero-order chi connectivity index (χ0) is 16.4. The number of nitrogens with one attached hydrogen (secondary N) is 1. The van der Waals surface area contributed by atoms with E-state index in [0.717, 1.165) is 53.3 Å². The average Bonchev–Trinajstić information content (AvgIpc) is 2.84. The molecule has 2 aliphatic heterocycles. The molecule has 126 valence electrons. The molecule has 3 heterocycles. The number of hydrogen-bond donors (Lipinski definition) is 1. The smallest absolute Gasteiger partial charge is 0.158 e. The fraction of sp³-hybridized carbons (Fsp3) is 0.600. The summed E-state index contributed by atoms with van der Waals surface area (Å²) in [5.41, 5.74) is 6.88. The molecule has 23 heavy (non-hydrogen) atoms. The first-order valence-electron chi connectivity index (χ1n) is 7.76. The second kappa shape index (κ2) is 7.12. The van der Waals surface area contributed by atoms with Crippen LogP contribution in [-0.4, -0.2) is 53.7 Å². The van der Waals surface area contributed by atoms with Crippen molar-refractivity contribution in [3.63, 3.8) is 0 Å². The Labute approximate surface area is 144 Å². The van der Waals surface area contributed by atoms with Gasteiger partial charge in [0.25, 0.3) is 0 Å². The Morgan fingerprint density at radius 1 is 1.43 bits per heavy atom. The van der Waals surface area contributed by atoms with Crippen molar-refractivity contribution in [2.75, 3.05) is 27.3 Å². The van der Waals surface area contributed by atoms with Crippen LogP contribution in [0.25, 0.3) is 5.70 Å². The number of rotatable bonds is 4. The molecule has 1 aromatic heterocycles. The molecule has 0 aliphatic carbocycles. The number of likely N-dealkylation sites (N-methyl/N-ethyl adjacent to an activating group) is 1. The maximum Gasteiger partial charge on any atom is 0.158 e. The van der Waals surface area contributed by atoms with Crippen LogP contribution in [0.4, 0.5) is 0 Å². The topological polar surface area (TPSA) is 62.8 Å². The van der Waals surface area contributed by atoms with E-state index >= 15 is 0 Å². The van der Waals surface area contributed by atoms with Crippen LogP contribution in [0.1, 0.15) is 30.7 Å². The van der Waals surface area contributed by atoms with Crippen LogP contribution in [0.5, 0.6) is 0 Å². The minimum atomic E-state index is -0.116. The van der Waals surface area contributed by atoms with Crippen molar-refractivity contribution in [1.82, 2.24) is 25.5 Å². The number of nitrogens with zero attached hydrogens (tertiary/aromatic N) is 4. The summed E-state index contributed by atoms with van der Waals surface area (Å²) < 4.78 is 12.3. The molecule has 1 unspecified atom stereocenters. The molecule has 1 fully saturated rings. The van der Waals surface area contributed by atoms with Gasteiger partial charge >= 0.3 is 0 Å². The Bertz CT molecular complexity index is 604. The zero-order valence-electron chi connectivity index (χ0n) is 13.7. The first kappa shape index (κ1) is 16.6. The first-order valence-corrected chi connectivity index (χ1v) is 8.55. The molecule has 8 heteroatoms. The van der Waals surface area contributed by atoms with Gasteiger partial charge in [0.2, 0.25) is 0 Å². The van der Waals surface area contributed by atoms with Crippen molar-refractivity contribution in [1.29, 1.82) is 0 Å². The number of halogens is 1. The van der Waals surface area contributed by atoms with Crippen LogP contribution in [0.15, 0.2) is 16.5 Å². The molecule has 0 spiro atoms. The molecule has 0 aromatic carbocycles. The van der Waals surface area contributed by atoms with E-state index in [2.05, 4.69) is 31.3 Å². The molecule has 1 aromatic rings. The molecule has 2 aliphatic rings. The summed E-state index contributed by atoms with van der Waals surface area (Å²) in [6.45, 7) is 3.17. The largest absolute Gasteiger partial charge is 0.353 e. The van der Waals surface area contributed by atoms with E-state index in [0.29, 0.717) is 6.61 Å². The zero-order valence-corrected chi connectivity index (χ0v) is 15.3. The maximum atomic E-state index is 5.95. The summed E-state index contributed by atoms with van der Waals surface area (Å²) in [7, 11) is 3.93. The lowest BCUT2D eigenvalue weighted by Gasteiger charge is -2.26. The average molecular weight is 384 g/mol. The normalized spacial score (nSPS) is 22.6. The van der Waals surface area contributed by atoms with E-state index in [1.54, 1.807) is 6.20 Å². The summed E-state index contributed by atoms with van der Waals surface area (Å²) in [5.74, 6) is 0. The number of ether oxygens (including phenoxy) is 2. The van der Waals surface area contributed by atoms with E-state index in [-0.39, 0.29) is 6.29 Å². The summed E-state index contributed by atoms with van der Waals surface area (Å²) >= 11 is 3.39. The second-order valence-corrected chi connectivity index (χ2v) is 6.47. The predicted molar refractivity (Wildman–Crippen MR) is 89.6 cm³/mol. The summed E-state index contributed by atoms with van der Waals surface area (Å²) in [6, 6.07) is 0. The van der Waals surface area contributed by atoms with Crippen LogP contribution in [0.2, 0.25) is 0 Å². The van der Waals surface area contributed by atoms with Crippen LogP contribution in [0.3, 0.4) is 0 Å². The fourth-order valence-electron chi connectivity index (χ4n) is 2.62. The van der Waals surface area contributed by atoms with Gasteiger partial charge in [-0.25, -0.2) is 9.97 Å². The van der Waals surface area contributed by atoms with Crippen LogP contribution in [0, 0.1) is 6.92 Å². The molecule has 1 N–H and O–H groups in total. The van der Waals surface area contributed by atoms with Crippen molar-refractivity contribution in [3.8, 4) is 0 Å².